The molecule has 0 radical (unpaired) electrons. The van der Waals surface area contributed by atoms with Crippen molar-refractivity contribution in [3.8, 4) is 5.75 Å². The summed E-state index contributed by atoms with van der Waals surface area (Å²) in [6.45, 7) is 8.48. The molecule has 0 aliphatic rings. The van der Waals surface area contributed by atoms with Crippen LogP contribution in [0.15, 0.2) is 24.3 Å². The van der Waals surface area contributed by atoms with E-state index in [1.54, 1.807) is 12.1 Å². The lowest BCUT2D eigenvalue weighted by Gasteiger charge is -2.22. The van der Waals surface area contributed by atoms with Crippen molar-refractivity contribution in [1.29, 1.82) is 0 Å². The van der Waals surface area contributed by atoms with Gasteiger partial charge in [0.15, 0.2) is 0 Å². The van der Waals surface area contributed by atoms with Gasteiger partial charge in [0.05, 0.1) is 0 Å². The topological polar surface area (TPSA) is 47.6 Å². The molecule has 22 heavy (non-hydrogen) atoms. The van der Waals surface area contributed by atoms with Crippen LogP contribution in [0.5, 0.6) is 5.75 Å². The SMILES string of the molecule is CCCCCN(CCCCC)CCOc1ccc(N[O-])cc1. The number of unbranched alkanes of at least 4 members (excludes halogenated alkanes) is 4. The van der Waals surface area contributed by atoms with E-state index in [0.29, 0.717) is 12.3 Å². The lowest BCUT2D eigenvalue weighted by molar-refractivity contribution is 0.203. The van der Waals surface area contributed by atoms with Crippen molar-refractivity contribution < 1.29 is 4.74 Å². The molecule has 1 rings (SSSR count). The van der Waals surface area contributed by atoms with E-state index in [1.165, 1.54) is 51.6 Å². The second-order valence-electron chi connectivity index (χ2n) is 5.73. The van der Waals surface area contributed by atoms with E-state index in [1.807, 2.05) is 17.6 Å². The van der Waals surface area contributed by atoms with Crippen molar-refractivity contribution >= 4 is 5.69 Å². The second kappa shape index (κ2) is 12.3. The molecule has 0 atom stereocenters. The molecule has 1 N–H and O–H groups in total. The highest BCUT2D eigenvalue weighted by molar-refractivity contribution is 5.46. The Kier molecular flexibility index (Phi) is 10.5. The van der Waals surface area contributed by atoms with Crippen LogP contribution >= 0.6 is 0 Å². The van der Waals surface area contributed by atoms with Crippen molar-refractivity contribution in [2.75, 3.05) is 31.7 Å². The van der Waals surface area contributed by atoms with E-state index in [-0.39, 0.29) is 0 Å². The Morgan fingerprint density at radius 3 is 2.00 bits per heavy atom. The van der Waals surface area contributed by atoms with Crippen molar-refractivity contribution in [3.05, 3.63) is 29.5 Å². The van der Waals surface area contributed by atoms with Crippen LogP contribution in [-0.4, -0.2) is 31.1 Å². The predicted molar refractivity (Wildman–Crippen MR) is 94.4 cm³/mol. The third-order valence-corrected chi connectivity index (χ3v) is 3.80. The number of ether oxygens (including phenoxy) is 1. The summed E-state index contributed by atoms with van der Waals surface area (Å²) in [5.41, 5.74) is 2.44. The number of anilines is 1. The molecule has 0 amide bonds. The summed E-state index contributed by atoms with van der Waals surface area (Å²) in [4.78, 5) is 2.51. The van der Waals surface area contributed by atoms with E-state index in [2.05, 4.69) is 18.7 Å². The highest BCUT2D eigenvalue weighted by Crippen LogP contribution is 2.15. The molecule has 0 bridgehead atoms. The molecule has 0 aliphatic carbocycles. The molecule has 0 unspecified atom stereocenters. The Morgan fingerprint density at radius 1 is 0.909 bits per heavy atom. The van der Waals surface area contributed by atoms with Crippen LogP contribution in [0.2, 0.25) is 0 Å². The zero-order valence-corrected chi connectivity index (χ0v) is 14.1. The van der Waals surface area contributed by atoms with Crippen LogP contribution in [0, 0.1) is 5.21 Å². The molecular formula is C18H31N2O2-. The molecule has 4 nitrogen and oxygen atoms in total. The third-order valence-electron chi connectivity index (χ3n) is 3.80. The van der Waals surface area contributed by atoms with Crippen molar-refractivity contribution in [2.45, 2.75) is 52.4 Å². The maximum Gasteiger partial charge on any atom is 0.119 e. The average molecular weight is 307 g/mol. The van der Waals surface area contributed by atoms with Gasteiger partial charge in [-0.3, -0.25) is 4.90 Å². The lowest BCUT2D eigenvalue weighted by atomic mass is 10.2. The number of nitrogens with one attached hydrogen (secondary N) is 1. The van der Waals surface area contributed by atoms with Gasteiger partial charge >= 0.3 is 0 Å². The first-order chi connectivity index (χ1) is 10.8. The van der Waals surface area contributed by atoms with Crippen LogP contribution in [-0.2, 0) is 0 Å². The number of benzene rings is 1. The van der Waals surface area contributed by atoms with Crippen LogP contribution in [0.1, 0.15) is 52.4 Å². The third kappa shape index (κ3) is 8.25. The second-order valence-corrected chi connectivity index (χ2v) is 5.73. The number of rotatable bonds is 13. The van der Waals surface area contributed by atoms with Gasteiger partial charge in [0, 0.05) is 12.2 Å². The molecule has 1 aromatic rings. The Hall–Kier alpha value is -1.26. The maximum atomic E-state index is 10.5. The number of nitrogens with zero attached hydrogens (tertiary/aromatic N) is 1. The normalized spacial score (nSPS) is 10.9. The van der Waals surface area contributed by atoms with Gasteiger partial charge in [0.25, 0.3) is 0 Å². The Balaban J connectivity index is 2.30. The Morgan fingerprint density at radius 2 is 1.50 bits per heavy atom. The molecule has 4 heteroatoms. The summed E-state index contributed by atoms with van der Waals surface area (Å²) in [5.74, 6) is 0.820. The molecule has 0 spiro atoms. The Bertz CT molecular complexity index is 358. The zero-order valence-electron chi connectivity index (χ0n) is 14.1. The van der Waals surface area contributed by atoms with Gasteiger partial charge in [-0.05, 0) is 50.2 Å². The molecule has 126 valence electrons. The quantitative estimate of drug-likeness (QED) is 0.425. The summed E-state index contributed by atoms with van der Waals surface area (Å²) in [7, 11) is 0. The number of hydrogen-bond donors (Lipinski definition) is 1. The highest BCUT2D eigenvalue weighted by Gasteiger charge is 2.05. The fraction of sp³-hybridized carbons (Fsp3) is 0.667. The lowest BCUT2D eigenvalue weighted by Crippen LogP contribution is -2.30. The van der Waals surface area contributed by atoms with Gasteiger partial charge in [-0.25, -0.2) is 0 Å². The Labute approximate surface area is 135 Å². The smallest absolute Gasteiger partial charge is 0.119 e. The zero-order chi connectivity index (χ0) is 16.0. The highest BCUT2D eigenvalue weighted by atomic mass is 16.5. The van der Waals surface area contributed by atoms with Gasteiger partial charge in [0.1, 0.15) is 12.4 Å². The molecule has 0 saturated carbocycles. The summed E-state index contributed by atoms with van der Waals surface area (Å²) in [6.07, 6.45) is 7.67. The fourth-order valence-corrected chi connectivity index (χ4v) is 2.42. The monoisotopic (exact) mass is 307 g/mol. The van der Waals surface area contributed by atoms with E-state index >= 15 is 0 Å². The van der Waals surface area contributed by atoms with Gasteiger partial charge in [0.2, 0.25) is 0 Å². The molecule has 1 aromatic carbocycles. The van der Waals surface area contributed by atoms with Crippen molar-refractivity contribution in [3.63, 3.8) is 0 Å². The fourth-order valence-electron chi connectivity index (χ4n) is 2.42. The summed E-state index contributed by atoms with van der Waals surface area (Å²) in [5, 5.41) is 10.5. The van der Waals surface area contributed by atoms with E-state index < -0.39 is 0 Å². The predicted octanol–water partition coefficient (Wildman–Crippen LogP) is 4.66. The van der Waals surface area contributed by atoms with Crippen molar-refractivity contribution in [2.24, 2.45) is 0 Å². The summed E-state index contributed by atoms with van der Waals surface area (Å²) >= 11 is 0. The minimum Gasteiger partial charge on any atom is -0.761 e. The number of hydrogen-bond acceptors (Lipinski definition) is 4. The van der Waals surface area contributed by atoms with E-state index in [9.17, 15) is 5.21 Å². The summed E-state index contributed by atoms with van der Waals surface area (Å²) in [6, 6.07) is 7.14. The molecule has 0 fully saturated rings. The molecule has 0 aromatic heterocycles. The van der Waals surface area contributed by atoms with Gasteiger partial charge in [-0.1, -0.05) is 39.5 Å². The van der Waals surface area contributed by atoms with Crippen LogP contribution in [0.25, 0.3) is 0 Å². The van der Waals surface area contributed by atoms with Gasteiger partial charge in [-0.2, -0.15) is 0 Å². The largest absolute Gasteiger partial charge is 0.761 e. The first-order valence-corrected chi connectivity index (χ1v) is 8.63. The minimum atomic E-state index is 0.563. The van der Waals surface area contributed by atoms with Gasteiger partial charge in [-0.15, -0.1) is 0 Å². The molecule has 0 aliphatic heterocycles. The standard InChI is InChI=1S/C18H31N2O2/c1-3-5-7-13-20(14-8-6-4-2)15-16-22-18-11-9-17(19-21)10-12-18/h9-12,19H,3-8,13-16H2,1-2H3/q-1. The summed E-state index contributed by atoms with van der Waals surface area (Å²) < 4.78 is 5.78. The molecule has 0 heterocycles. The molecular weight excluding hydrogens is 276 g/mol. The first-order valence-electron chi connectivity index (χ1n) is 8.63. The van der Waals surface area contributed by atoms with Gasteiger partial charge < -0.3 is 15.4 Å². The van der Waals surface area contributed by atoms with Crippen LogP contribution < -0.4 is 10.2 Å². The van der Waals surface area contributed by atoms with E-state index in [4.69, 9.17) is 4.74 Å². The van der Waals surface area contributed by atoms with Crippen molar-refractivity contribution in [1.82, 2.24) is 4.90 Å². The minimum absolute atomic E-state index is 0.563. The molecule has 0 saturated heterocycles. The van der Waals surface area contributed by atoms with E-state index in [0.717, 1.165) is 12.3 Å². The van der Waals surface area contributed by atoms with Crippen LogP contribution in [0.3, 0.4) is 0 Å². The van der Waals surface area contributed by atoms with Crippen LogP contribution in [0.4, 0.5) is 5.69 Å². The first kappa shape index (κ1) is 18.8. The average Bonchev–Trinajstić information content (AvgIpc) is 2.55. The maximum absolute atomic E-state index is 10.5.